The first-order valence-corrected chi connectivity index (χ1v) is 8.24. The molecule has 0 bridgehead atoms. The SMILES string of the molecule is Cl.O=C(C1CCCS1)N1CCC(N2CCNCC2)C1. The number of nitrogens with one attached hydrogen (secondary N) is 1. The van der Waals surface area contributed by atoms with Crippen molar-refractivity contribution in [3.8, 4) is 0 Å². The van der Waals surface area contributed by atoms with E-state index in [1.807, 2.05) is 11.8 Å². The summed E-state index contributed by atoms with van der Waals surface area (Å²) in [7, 11) is 0. The van der Waals surface area contributed by atoms with Crippen LogP contribution in [0.2, 0.25) is 0 Å². The Hall–Kier alpha value is 0.0300. The van der Waals surface area contributed by atoms with Gasteiger partial charge in [0.15, 0.2) is 0 Å². The van der Waals surface area contributed by atoms with E-state index in [1.165, 1.54) is 18.6 Å². The quantitative estimate of drug-likeness (QED) is 0.819. The van der Waals surface area contributed by atoms with Crippen molar-refractivity contribution < 1.29 is 4.79 Å². The summed E-state index contributed by atoms with van der Waals surface area (Å²) in [4.78, 5) is 17.0. The molecule has 0 radical (unpaired) electrons. The maximum absolute atomic E-state index is 12.4. The third-order valence-electron chi connectivity index (χ3n) is 4.35. The van der Waals surface area contributed by atoms with Crippen LogP contribution in [0.5, 0.6) is 0 Å². The second-order valence-corrected chi connectivity index (χ2v) is 6.82. The highest BCUT2D eigenvalue weighted by Gasteiger charge is 2.34. The lowest BCUT2D eigenvalue weighted by atomic mass is 10.2. The van der Waals surface area contributed by atoms with Crippen molar-refractivity contribution in [2.45, 2.75) is 30.6 Å². The first kappa shape index (κ1) is 15.4. The molecule has 4 nitrogen and oxygen atoms in total. The van der Waals surface area contributed by atoms with E-state index in [0.717, 1.165) is 45.7 Å². The van der Waals surface area contributed by atoms with Gasteiger partial charge in [-0.2, -0.15) is 0 Å². The van der Waals surface area contributed by atoms with Crippen LogP contribution in [0.4, 0.5) is 0 Å². The Balaban J connectivity index is 0.00000133. The second-order valence-electron chi connectivity index (χ2n) is 5.51. The zero-order valence-electron chi connectivity index (χ0n) is 11.3. The molecule has 3 rings (SSSR count). The summed E-state index contributed by atoms with van der Waals surface area (Å²) in [6, 6.07) is 0.613. The Morgan fingerprint density at radius 1 is 1.16 bits per heavy atom. The number of hydrogen-bond acceptors (Lipinski definition) is 4. The topological polar surface area (TPSA) is 35.6 Å². The fraction of sp³-hybridized carbons (Fsp3) is 0.923. The lowest BCUT2D eigenvalue weighted by Crippen LogP contribution is -2.49. The molecule has 0 aliphatic carbocycles. The fourth-order valence-corrected chi connectivity index (χ4v) is 4.51. The third kappa shape index (κ3) is 3.57. The van der Waals surface area contributed by atoms with E-state index in [2.05, 4.69) is 15.1 Å². The van der Waals surface area contributed by atoms with Crippen LogP contribution >= 0.6 is 24.2 Å². The van der Waals surface area contributed by atoms with Gasteiger partial charge in [-0.1, -0.05) is 0 Å². The van der Waals surface area contributed by atoms with Gasteiger partial charge in [-0.25, -0.2) is 0 Å². The smallest absolute Gasteiger partial charge is 0.235 e. The lowest BCUT2D eigenvalue weighted by Gasteiger charge is -2.32. The van der Waals surface area contributed by atoms with Crippen LogP contribution in [0, 0.1) is 0 Å². The van der Waals surface area contributed by atoms with Crippen LogP contribution in [0.25, 0.3) is 0 Å². The van der Waals surface area contributed by atoms with Crippen molar-refractivity contribution in [2.75, 3.05) is 45.0 Å². The highest BCUT2D eigenvalue weighted by Crippen LogP contribution is 2.29. The molecule has 2 atom stereocenters. The predicted molar refractivity (Wildman–Crippen MR) is 82.2 cm³/mol. The summed E-state index contributed by atoms with van der Waals surface area (Å²) in [5, 5.41) is 3.66. The summed E-state index contributed by atoms with van der Waals surface area (Å²) in [6.45, 7) is 6.43. The average molecular weight is 306 g/mol. The molecule has 0 aromatic rings. The normalized spacial score (nSPS) is 32.3. The molecule has 0 aromatic heterocycles. The largest absolute Gasteiger partial charge is 0.340 e. The maximum Gasteiger partial charge on any atom is 0.235 e. The van der Waals surface area contributed by atoms with Gasteiger partial charge in [0.05, 0.1) is 5.25 Å². The molecule has 3 saturated heterocycles. The van der Waals surface area contributed by atoms with Crippen LogP contribution in [0.3, 0.4) is 0 Å². The summed E-state index contributed by atoms with van der Waals surface area (Å²) in [5.74, 6) is 1.58. The van der Waals surface area contributed by atoms with Crippen molar-refractivity contribution in [1.82, 2.24) is 15.1 Å². The Morgan fingerprint density at radius 3 is 2.63 bits per heavy atom. The molecule has 110 valence electrons. The number of likely N-dealkylation sites (tertiary alicyclic amines) is 1. The van der Waals surface area contributed by atoms with Crippen molar-refractivity contribution in [3.63, 3.8) is 0 Å². The van der Waals surface area contributed by atoms with Gasteiger partial charge in [0.1, 0.15) is 0 Å². The number of carbonyl (C=O) groups is 1. The van der Waals surface area contributed by atoms with Crippen molar-refractivity contribution in [2.24, 2.45) is 0 Å². The molecule has 3 aliphatic heterocycles. The van der Waals surface area contributed by atoms with Crippen LogP contribution < -0.4 is 5.32 Å². The summed E-state index contributed by atoms with van der Waals surface area (Å²) in [6.07, 6.45) is 3.48. The zero-order chi connectivity index (χ0) is 12.4. The predicted octanol–water partition coefficient (Wildman–Crippen LogP) is 0.810. The molecule has 2 unspecified atom stereocenters. The van der Waals surface area contributed by atoms with E-state index in [1.54, 1.807) is 0 Å². The van der Waals surface area contributed by atoms with Gasteiger partial charge in [-0.3, -0.25) is 9.69 Å². The molecule has 3 fully saturated rings. The van der Waals surface area contributed by atoms with Crippen molar-refractivity contribution in [1.29, 1.82) is 0 Å². The Bertz CT molecular complexity index is 306. The van der Waals surface area contributed by atoms with Crippen LogP contribution in [0.1, 0.15) is 19.3 Å². The van der Waals surface area contributed by atoms with Crippen LogP contribution in [-0.4, -0.2) is 72.0 Å². The molecule has 3 aliphatic rings. The minimum atomic E-state index is 0. The van der Waals surface area contributed by atoms with Gasteiger partial charge < -0.3 is 10.2 Å². The number of rotatable bonds is 2. The molecule has 1 amide bonds. The molecular weight excluding hydrogens is 282 g/mol. The number of hydrogen-bond donors (Lipinski definition) is 1. The van der Waals surface area contributed by atoms with Gasteiger partial charge in [0, 0.05) is 45.3 Å². The average Bonchev–Trinajstić information content (AvgIpc) is 3.10. The Labute approximate surface area is 126 Å². The van der Waals surface area contributed by atoms with Gasteiger partial charge in [0.2, 0.25) is 5.91 Å². The molecule has 0 aromatic carbocycles. The van der Waals surface area contributed by atoms with E-state index < -0.39 is 0 Å². The first-order chi connectivity index (χ1) is 8.84. The summed E-state index contributed by atoms with van der Waals surface area (Å²) >= 11 is 1.86. The van der Waals surface area contributed by atoms with E-state index in [0.29, 0.717) is 11.9 Å². The lowest BCUT2D eigenvalue weighted by molar-refractivity contribution is -0.129. The number of nitrogens with zero attached hydrogens (tertiary/aromatic N) is 2. The number of carbonyl (C=O) groups excluding carboxylic acids is 1. The molecule has 19 heavy (non-hydrogen) atoms. The van der Waals surface area contributed by atoms with E-state index in [9.17, 15) is 4.79 Å². The van der Waals surface area contributed by atoms with Gasteiger partial charge in [0.25, 0.3) is 0 Å². The summed E-state index contributed by atoms with van der Waals surface area (Å²) < 4.78 is 0. The number of amides is 1. The zero-order valence-corrected chi connectivity index (χ0v) is 13.0. The fourth-order valence-electron chi connectivity index (χ4n) is 3.26. The minimum absolute atomic E-state index is 0. The van der Waals surface area contributed by atoms with Crippen LogP contribution in [0.15, 0.2) is 0 Å². The first-order valence-electron chi connectivity index (χ1n) is 7.20. The number of halogens is 1. The van der Waals surface area contributed by atoms with Crippen LogP contribution in [-0.2, 0) is 4.79 Å². The van der Waals surface area contributed by atoms with E-state index in [4.69, 9.17) is 0 Å². The molecule has 0 spiro atoms. The number of thioether (sulfide) groups is 1. The monoisotopic (exact) mass is 305 g/mol. The maximum atomic E-state index is 12.4. The molecular formula is C13H24ClN3OS. The molecule has 0 saturated carbocycles. The van der Waals surface area contributed by atoms with Crippen molar-refractivity contribution >= 4 is 30.1 Å². The van der Waals surface area contributed by atoms with E-state index >= 15 is 0 Å². The van der Waals surface area contributed by atoms with E-state index in [-0.39, 0.29) is 17.7 Å². The Kier molecular flexibility index (Phi) is 5.81. The van der Waals surface area contributed by atoms with Gasteiger partial charge in [-0.15, -0.1) is 24.2 Å². The van der Waals surface area contributed by atoms with Gasteiger partial charge in [-0.05, 0) is 25.0 Å². The molecule has 3 heterocycles. The molecule has 6 heteroatoms. The molecule has 1 N–H and O–H groups in total. The highest BCUT2D eigenvalue weighted by atomic mass is 35.5. The Morgan fingerprint density at radius 2 is 1.95 bits per heavy atom. The van der Waals surface area contributed by atoms with Crippen molar-refractivity contribution in [3.05, 3.63) is 0 Å². The van der Waals surface area contributed by atoms with Gasteiger partial charge >= 0.3 is 0 Å². The highest BCUT2D eigenvalue weighted by molar-refractivity contribution is 8.00. The third-order valence-corrected chi connectivity index (χ3v) is 5.71. The second kappa shape index (κ2) is 7.16. The number of piperazine rings is 1. The standard InChI is InChI=1S/C13H23N3OS.ClH/c17-13(12-2-1-9-18-12)16-6-3-11(10-16)15-7-4-14-5-8-15;/h11-12,14H,1-10H2;1H. The summed E-state index contributed by atoms with van der Waals surface area (Å²) in [5.41, 5.74) is 0. The minimum Gasteiger partial charge on any atom is -0.340 e.